The van der Waals surface area contributed by atoms with E-state index in [9.17, 15) is 0 Å². The van der Waals surface area contributed by atoms with Gasteiger partial charge in [-0.15, -0.1) is 0 Å². The SMILES string of the molecule is C(=Cc1ccccc1)OC=Cc1ccccc1.C(=Cc1ccccc1)OC=Cc1ccccc1.C=O. The first kappa shape index (κ1) is 27.4. The number of hydrogen-bond donors (Lipinski definition) is 0. The summed E-state index contributed by atoms with van der Waals surface area (Å²) in [6, 6.07) is 40.2. The third-order valence-corrected chi connectivity index (χ3v) is 4.55. The molecule has 0 saturated heterocycles. The van der Waals surface area contributed by atoms with E-state index >= 15 is 0 Å². The molecule has 0 N–H and O–H groups in total. The predicted molar refractivity (Wildman–Crippen MR) is 151 cm³/mol. The molecule has 180 valence electrons. The maximum atomic E-state index is 8.00. The largest absolute Gasteiger partial charge is 0.473 e. The molecule has 3 heteroatoms. The van der Waals surface area contributed by atoms with Gasteiger partial charge in [-0.2, -0.15) is 0 Å². The van der Waals surface area contributed by atoms with Crippen molar-refractivity contribution < 1.29 is 14.3 Å². The van der Waals surface area contributed by atoms with Crippen LogP contribution in [0.5, 0.6) is 0 Å². The number of benzene rings is 4. The fourth-order valence-electron chi connectivity index (χ4n) is 2.82. The van der Waals surface area contributed by atoms with Crippen LogP contribution in [-0.4, -0.2) is 6.79 Å². The molecule has 0 bridgehead atoms. The number of rotatable bonds is 8. The highest BCUT2D eigenvalue weighted by molar-refractivity contribution is 5.50. The summed E-state index contributed by atoms with van der Waals surface area (Å²) < 4.78 is 10.6. The number of ether oxygens (including phenoxy) is 2. The monoisotopic (exact) mass is 474 g/mol. The van der Waals surface area contributed by atoms with E-state index in [0.29, 0.717) is 0 Å². The predicted octanol–water partition coefficient (Wildman–Crippen LogP) is 8.50. The molecule has 0 amide bonds. The quantitative estimate of drug-likeness (QED) is 0.240. The summed E-state index contributed by atoms with van der Waals surface area (Å²) in [5.74, 6) is 0. The molecule has 0 radical (unpaired) electrons. The Hall–Kier alpha value is -4.89. The second-order valence-electron chi connectivity index (χ2n) is 7.13. The van der Waals surface area contributed by atoms with Gasteiger partial charge in [0.2, 0.25) is 0 Å². The molecule has 0 aliphatic heterocycles. The Kier molecular flexibility index (Phi) is 14.1. The molecule has 0 fully saturated rings. The van der Waals surface area contributed by atoms with Crippen molar-refractivity contribution in [1.82, 2.24) is 0 Å². The van der Waals surface area contributed by atoms with Gasteiger partial charge in [0, 0.05) is 0 Å². The molecule has 0 atom stereocenters. The van der Waals surface area contributed by atoms with Crippen LogP contribution in [0, 0.1) is 0 Å². The first-order chi connectivity index (χ1) is 17.9. The third-order valence-electron chi connectivity index (χ3n) is 4.55. The van der Waals surface area contributed by atoms with E-state index in [-0.39, 0.29) is 0 Å². The van der Waals surface area contributed by atoms with E-state index in [1.54, 1.807) is 25.0 Å². The van der Waals surface area contributed by atoms with E-state index in [0.717, 1.165) is 22.3 Å². The standard InChI is InChI=1S/2C16H14O.CH2O/c2*1-3-7-15(8-4-1)11-13-17-14-12-16-9-5-2-6-10-16;1-2/h2*1-14H;1H2. The minimum Gasteiger partial charge on any atom is -0.473 e. The van der Waals surface area contributed by atoms with Crippen molar-refractivity contribution in [3.8, 4) is 0 Å². The molecule has 4 aromatic rings. The number of carbonyl (C=O) groups excluding carboxylic acids is 1. The minimum atomic E-state index is 1.13. The van der Waals surface area contributed by atoms with Crippen molar-refractivity contribution in [2.75, 3.05) is 0 Å². The second kappa shape index (κ2) is 18.5. The fraction of sp³-hybridized carbons (Fsp3) is 0. The molecule has 0 aliphatic carbocycles. The molecular weight excluding hydrogens is 444 g/mol. The van der Waals surface area contributed by atoms with Crippen LogP contribution in [0.15, 0.2) is 146 Å². The molecule has 0 aliphatic rings. The maximum absolute atomic E-state index is 8.00. The van der Waals surface area contributed by atoms with Crippen LogP contribution < -0.4 is 0 Å². The lowest BCUT2D eigenvalue weighted by Crippen LogP contribution is -1.71. The summed E-state index contributed by atoms with van der Waals surface area (Å²) in [4.78, 5) is 8.00. The first-order valence-corrected chi connectivity index (χ1v) is 11.4. The lowest BCUT2D eigenvalue weighted by Gasteiger charge is -1.93. The Bertz CT molecular complexity index is 989. The van der Waals surface area contributed by atoms with Crippen molar-refractivity contribution in [3.05, 3.63) is 169 Å². The van der Waals surface area contributed by atoms with E-state index in [2.05, 4.69) is 0 Å². The van der Waals surface area contributed by atoms with E-state index < -0.39 is 0 Å². The van der Waals surface area contributed by atoms with Gasteiger partial charge in [0.1, 0.15) is 6.79 Å². The van der Waals surface area contributed by atoms with Crippen molar-refractivity contribution >= 4 is 31.1 Å². The molecule has 0 heterocycles. The van der Waals surface area contributed by atoms with Crippen LogP contribution in [0.4, 0.5) is 0 Å². The lowest BCUT2D eigenvalue weighted by atomic mass is 10.2. The Balaban J connectivity index is 0.000000237. The molecule has 36 heavy (non-hydrogen) atoms. The summed E-state index contributed by atoms with van der Waals surface area (Å²) in [6.45, 7) is 2.00. The fourth-order valence-corrected chi connectivity index (χ4v) is 2.82. The molecule has 0 aromatic heterocycles. The van der Waals surface area contributed by atoms with Gasteiger partial charge in [0.05, 0.1) is 25.0 Å². The molecule has 0 unspecified atom stereocenters. The Morgan fingerprint density at radius 1 is 0.361 bits per heavy atom. The molecular formula is C33H30O3. The zero-order valence-corrected chi connectivity index (χ0v) is 20.1. The zero-order chi connectivity index (χ0) is 25.5. The summed E-state index contributed by atoms with van der Waals surface area (Å²) >= 11 is 0. The van der Waals surface area contributed by atoms with E-state index in [1.165, 1.54) is 0 Å². The van der Waals surface area contributed by atoms with Gasteiger partial charge in [0.25, 0.3) is 0 Å². The molecule has 0 spiro atoms. The summed E-state index contributed by atoms with van der Waals surface area (Å²) in [5.41, 5.74) is 4.50. The first-order valence-electron chi connectivity index (χ1n) is 11.4. The van der Waals surface area contributed by atoms with Crippen LogP contribution in [0.2, 0.25) is 0 Å². The second-order valence-corrected chi connectivity index (χ2v) is 7.13. The Morgan fingerprint density at radius 3 is 0.750 bits per heavy atom. The maximum Gasteiger partial charge on any atom is 0.106 e. The van der Waals surface area contributed by atoms with E-state index in [4.69, 9.17) is 14.3 Å². The molecule has 4 rings (SSSR count). The van der Waals surface area contributed by atoms with Gasteiger partial charge in [0.15, 0.2) is 0 Å². The van der Waals surface area contributed by atoms with Crippen LogP contribution in [0.1, 0.15) is 22.3 Å². The van der Waals surface area contributed by atoms with Crippen molar-refractivity contribution in [2.45, 2.75) is 0 Å². The minimum absolute atomic E-state index is 1.13. The third kappa shape index (κ3) is 12.4. The normalized spacial score (nSPS) is 10.6. The van der Waals surface area contributed by atoms with E-state index in [1.807, 2.05) is 152 Å². The highest BCUT2D eigenvalue weighted by Gasteiger charge is 1.84. The number of hydrogen-bond acceptors (Lipinski definition) is 3. The van der Waals surface area contributed by atoms with Gasteiger partial charge >= 0.3 is 0 Å². The number of carbonyl (C=O) groups is 1. The smallest absolute Gasteiger partial charge is 0.106 e. The van der Waals surface area contributed by atoms with Crippen LogP contribution >= 0.6 is 0 Å². The summed E-state index contributed by atoms with van der Waals surface area (Å²) in [5, 5.41) is 0. The van der Waals surface area contributed by atoms with Crippen LogP contribution in [0.25, 0.3) is 24.3 Å². The topological polar surface area (TPSA) is 35.5 Å². The average Bonchev–Trinajstić information content (AvgIpc) is 2.96. The zero-order valence-electron chi connectivity index (χ0n) is 20.1. The van der Waals surface area contributed by atoms with Crippen LogP contribution in [-0.2, 0) is 14.3 Å². The average molecular weight is 475 g/mol. The van der Waals surface area contributed by atoms with Crippen molar-refractivity contribution in [2.24, 2.45) is 0 Å². The van der Waals surface area contributed by atoms with Crippen molar-refractivity contribution in [3.63, 3.8) is 0 Å². The molecule has 3 nitrogen and oxygen atoms in total. The summed E-state index contributed by atoms with van der Waals surface area (Å²) in [6.07, 6.45) is 14.4. The van der Waals surface area contributed by atoms with Crippen molar-refractivity contribution in [1.29, 1.82) is 0 Å². The van der Waals surface area contributed by atoms with Gasteiger partial charge in [-0.05, 0) is 46.6 Å². The Morgan fingerprint density at radius 2 is 0.556 bits per heavy atom. The van der Waals surface area contributed by atoms with Crippen LogP contribution in [0.3, 0.4) is 0 Å². The molecule has 0 saturated carbocycles. The van der Waals surface area contributed by atoms with Gasteiger partial charge in [-0.3, -0.25) is 0 Å². The van der Waals surface area contributed by atoms with Gasteiger partial charge in [-0.1, -0.05) is 121 Å². The molecule has 4 aromatic carbocycles. The Labute approximate surface area is 214 Å². The lowest BCUT2D eigenvalue weighted by molar-refractivity contribution is -0.0979. The highest BCUT2D eigenvalue weighted by Crippen LogP contribution is 2.04. The van der Waals surface area contributed by atoms with Gasteiger partial charge in [-0.25, -0.2) is 0 Å². The van der Waals surface area contributed by atoms with Gasteiger partial charge < -0.3 is 14.3 Å². The summed E-state index contributed by atoms with van der Waals surface area (Å²) in [7, 11) is 0. The highest BCUT2D eigenvalue weighted by atomic mass is 16.5.